The number of ether oxygens (including phenoxy) is 1. The zero-order chi connectivity index (χ0) is 17.2. The van der Waals surface area contributed by atoms with E-state index in [-0.39, 0.29) is 27.5 Å². The van der Waals surface area contributed by atoms with Crippen molar-refractivity contribution in [1.82, 2.24) is 9.62 Å². The third-order valence-electron chi connectivity index (χ3n) is 4.39. The van der Waals surface area contributed by atoms with Crippen LogP contribution in [0.4, 0.5) is 0 Å². The van der Waals surface area contributed by atoms with E-state index in [0.29, 0.717) is 19.6 Å². The van der Waals surface area contributed by atoms with Gasteiger partial charge in [0, 0.05) is 31.8 Å². The first-order valence-electron chi connectivity index (χ1n) is 8.18. The summed E-state index contributed by atoms with van der Waals surface area (Å²) < 4.78 is 32.3. The van der Waals surface area contributed by atoms with Crippen molar-refractivity contribution >= 4 is 27.5 Å². The summed E-state index contributed by atoms with van der Waals surface area (Å²) in [7, 11) is -3.66. The Morgan fingerprint density at radius 2 is 2.04 bits per heavy atom. The quantitative estimate of drug-likeness (QED) is 0.858. The summed E-state index contributed by atoms with van der Waals surface area (Å²) in [4.78, 5) is 12.3. The number of rotatable bonds is 5. The van der Waals surface area contributed by atoms with Crippen LogP contribution in [0, 0.1) is 0 Å². The molecule has 2 heterocycles. The van der Waals surface area contributed by atoms with Crippen LogP contribution < -0.4 is 5.32 Å². The Morgan fingerprint density at radius 1 is 1.29 bits per heavy atom. The fraction of sp³-hybridized carbons (Fsp3) is 0.562. The minimum absolute atomic E-state index is 0.00386. The molecule has 1 aromatic carbocycles. The molecule has 2 aliphatic rings. The molecule has 24 heavy (non-hydrogen) atoms. The molecule has 0 radical (unpaired) electrons. The molecule has 6 nitrogen and oxygen atoms in total. The third kappa shape index (κ3) is 3.74. The molecule has 1 unspecified atom stereocenters. The average molecular weight is 373 g/mol. The molecule has 3 rings (SSSR count). The van der Waals surface area contributed by atoms with Crippen LogP contribution in [0.2, 0.25) is 5.02 Å². The topological polar surface area (TPSA) is 75.7 Å². The van der Waals surface area contributed by atoms with Gasteiger partial charge in [-0.05, 0) is 43.9 Å². The molecule has 0 aromatic heterocycles. The Balaban J connectivity index is 1.76. The van der Waals surface area contributed by atoms with Gasteiger partial charge in [-0.15, -0.1) is 0 Å². The number of hydrogen-bond acceptors (Lipinski definition) is 4. The van der Waals surface area contributed by atoms with E-state index < -0.39 is 10.0 Å². The van der Waals surface area contributed by atoms with Crippen LogP contribution in [0.5, 0.6) is 0 Å². The predicted octanol–water partition coefficient (Wildman–Crippen LogP) is 2.03. The van der Waals surface area contributed by atoms with E-state index in [1.54, 1.807) is 0 Å². The van der Waals surface area contributed by atoms with Crippen LogP contribution in [0.3, 0.4) is 0 Å². The van der Waals surface area contributed by atoms with Crippen LogP contribution in [-0.2, 0) is 14.8 Å². The number of nitrogens with one attached hydrogen (secondary N) is 1. The molecule has 1 amide bonds. The van der Waals surface area contributed by atoms with E-state index in [0.717, 1.165) is 32.3 Å². The van der Waals surface area contributed by atoms with Gasteiger partial charge >= 0.3 is 0 Å². The first kappa shape index (κ1) is 17.7. The SMILES string of the molecule is O=C(NCC1CCCO1)c1ccc(Cl)c(S(=O)(=O)N2CCCC2)c1. The maximum Gasteiger partial charge on any atom is 0.251 e. The third-order valence-corrected chi connectivity index (χ3v) is 6.77. The molecule has 8 heteroatoms. The Kier molecular flexibility index (Phi) is 5.44. The average Bonchev–Trinajstić information content (AvgIpc) is 3.26. The summed E-state index contributed by atoms with van der Waals surface area (Å²) >= 11 is 6.09. The van der Waals surface area contributed by atoms with Crippen molar-refractivity contribution in [2.75, 3.05) is 26.2 Å². The summed E-state index contributed by atoms with van der Waals surface area (Å²) in [5.41, 5.74) is 0.287. The van der Waals surface area contributed by atoms with Crippen LogP contribution in [0.1, 0.15) is 36.0 Å². The van der Waals surface area contributed by atoms with E-state index in [9.17, 15) is 13.2 Å². The lowest BCUT2D eigenvalue weighted by atomic mass is 10.2. The van der Waals surface area contributed by atoms with E-state index in [4.69, 9.17) is 16.3 Å². The smallest absolute Gasteiger partial charge is 0.251 e. The van der Waals surface area contributed by atoms with E-state index in [1.165, 1.54) is 22.5 Å². The van der Waals surface area contributed by atoms with Crippen LogP contribution in [0.15, 0.2) is 23.1 Å². The van der Waals surface area contributed by atoms with Crippen LogP contribution in [-0.4, -0.2) is 51.0 Å². The molecule has 132 valence electrons. The molecule has 2 saturated heterocycles. The molecule has 2 aliphatic heterocycles. The van der Waals surface area contributed by atoms with Crippen LogP contribution >= 0.6 is 11.6 Å². The van der Waals surface area contributed by atoms with Crippen molar-refractivity contribution in [2.24, 2.45) is 0 Å². The standard InChI is InChI=1S/C16H21ClN2O4S/c17-14-6-5-12(16(20)18-11-13-4-3-9-23-13)10-15(14)24(21,22)19-7-1-2-8-19/h5-6,10,13H,1-4,7-9,11H2,(H,18,20). The molecule has 0 saturated carbocycles. The normalized spacial score (nSPS) is 22.0. The summed E-state index contributed by atoms with van der Waals surface area (Å²) in [6.07, 6.45) is 3.65. The number of hydrogen-bond donors (Lipinski definition) is 1. The molecule has 0 bridgehead atoms. The van der Waals surface area contributed by atoms with Crippen molar-refractivity contribution in [3.05, 3.63) is 28.8 Å². The lowest BCUT2D eigenvalue weighted by Gasteiger charge is -2.17. The van der Waals surface area contributed by atoms with E-state index >= 15 is 0 Å². The summed E-state index contributed by atoms with van der Waals surface area (Å²) in [5.74, 6) is -0.319. The van der Waals surface area contributed by atoms with Crippen molar-refractivity contribution in [3.8, 4) is 0 Å². The Labute approximate surface area is 147 Å². The van der Waals surface area contributed by atoms with Gasteiger partial charge in [0.05, 0.1) is 11.1 Å². The van der Waals surface area contributed by atoms with Crippen molar-refractivity contribution in [1.29, 1.82) is 0 Å². The monoisotopic (exact) mass is 372 g/mol. The summed E-state index contributed by atoms with van der Waals surface area (Å²) in [6, 6.07) is 4.36. The number of carbonyl (C=O) groups excluding carboxylic acids is 1. The van der Waals surface area contributed by atoms with Gasteiger partial charge in [0.15, 0.2) is 0 Å². The van der Waals surface area contributed by atoms with Gasteiger partial charge in [-0.1, -0.05) is 11.6 Å². The molecular formula is C16H21ClN2O4S. The Morgan fingerprint density at radius 3 is 2.71 bits per heavy atom. The van der Waals surface area contributed by atoms with Crippen molar-refractivity contribution in [2.45, 2.75) is 36.7 Å². The lowest BCUT2D eigenvalue weighted by Crippen LogP contribution is -2.32. The van der Waals surface area contributed by atoms with Gasteiger partial charge in [0.1, 0.15) is 4.90 Å². The highest BCUT2D eigenvalue weighted by atomic mass is 35.5. The second-order valence-corrected chi connectivity index (χ2v) is 8.42. The first-order chi connectivity index (χ1) is 11.5. The zero-order valence-electron chi connectivity index (χ0n) is 13.3. The maximum absolute atomic E-state index is 12.7. The summed E-state index contributed by atoms with van der Waals surface area (Å²) in [5, 5.41) is 2.93. The van der Waals surface area contributed by atoms with Gasteiger partial charge in [-0.25, -0.2) is 8.42 Å². The van der Waals surface area contributed by atoms with Crippen molar-refractivity contribution in [3.63, 3.8) is 0 Å². The lowest BCUT2D eigenvalue weighted by molar-refractivity contribution is 0.0857. The highest BCUT2D eigenvalue weighted by Crippen LogP contribution is 2.28. The zero-order valence-corrected chi connectivity index (χ0v) is 14.9. The Bertz CT molecular complexity index is 711. The maximum atomic E-state index is 12.7. The molecular weight excluding hydrogens is 352 g/mol. The number of sulfonamides is 1. The number of nitrogens with zero attached hydrogens (tertiary/aromatic N) is 1. The first-order valence-corrected chi connectivity index (χ1v) is 10.00. The highest BCUT2D eigenvalue weighted by Gasteiger charge is 2.29. The molecule has 1 N–H and O–H groups in total. The van der Waals surface area contributed by atoms with Gasteiger partial charge in [-0.2, -0.15) is 4.31 Å². The second-order valence-electron chi connectivity index (χ2n) is 6.10. The van der Waals surface area contributed by atoms with Crippen molar-refractivity contribution < 1.29 is 17.9 Å². The van der Waals surface area contributed by atoms with E-state index in [2.05, 4.69) is 5.32 Å². The molecule has 1 aromatic rings. The molecule has 2 fully saturated rings. The molecule has 0 aliphatic carbocycles. The minimum atomic E-state index is -3.66. The molecule has 0 spiro atoms. The Hall–Kier alpha value is -1.15. The van der Waals surface area contributed by atoms with Gasteiger partial charge in [-0.3, -0.25) is 4.79 Å². The van der Waals surface area contributed by atoms with Crippen LogP contribution in [0.25, 0.3) is 0 Å². The van der Waals surface area contributed by atoms with E-state index in [1.807, 2.05) is 0 Å². The largest absolute Gasteiger partial charge is 0.376 e. The summed E-state index contributed by atoms with van der Waals surface area (Å²) in [6.45, 7) is 2.14. The van der Waals surface area contributed by atoms with Gasteiger partial charge < -0.3 is 10.1 Å². The van der Waals surface area contributed by atoms with Gasteiger partial charge in [0.25, 0.3) is 5.91 Å². The number of benzene rings is 1. The fourth-order valence-corrected chi connectivity index (χ4v) is 5.04. The van der Waals surface area contributed by atoms with Gasteiger partial charge in [0.2, 0.25) is 10.0 Å². The molecule has 1 atom stereocenters. The number of halogens is 1. The number of amides is 1. The minimum Gasteiger partial charge on any atom is -0.376 e. The fourth-order valence-electron chi connectivity index (χ4n) is 3.02. The predicted molar refractivity (Wildman–Crippen MR) is 90.8 cm³/mol. The highest BCUT2D eigenvalue weighted by molar-refractivity contribution is 7.89. The number of carbonyl (C=O) groups is 1. The second kappa shape index (κ2) is 7.39.